The van der Waals surface area contributed by atoms with E-state index in [1.807, 2.05) is 24.3 Å². The molecule has 1 amide bonds. The zero-order valence-electron chi connectivity index (χ0n) is 16.3. The molecule has 158 valence electrons. The molecular formula is C20H24Cl2N2O4S. The lowest BCUT2D eigenvalue weighted by Crippen LogP contribution is -2.32. The van der Waals surface area contributed by atoms with Crippen LogP contribution < -0.4 is 14.4 Å². The summed E-state index contributed by atoms with van der Waals surface area (Å²) in [5, 5.41) is 3.51. The lowest BCUT2D eigenvalue weighted by atomic mass is 10.1. The van der Waals surface area contributed by atoms with Crippen LogP contribution in [-0.2, 0) is 21.2 Å². The number of rotatable bonds is 10. The zero-order valence-corrected chi connectivity index (χ0v) is 18.6. The van der Waals surface area contributed by atoms with Crippen LogP contribution in [0.3, 0.4) is 0 Å². The average Bonchev–Trinajstić information content (AvgIpc) is 2.67. The molecular weight excluding hydrogens is 435 g/mol. The molecule has 0 aliphatic rings. The maximum absolute atomic E-state index is 12.2. The number of nitrogens with one attached hydrogen (secondary N) is 1. The third kappa shape index (κ3) is 7.42. The van der Waals surface area contributed by atoms with E-state index in [0.29, 0.717) is 30.1 Å². The molecule has 0 heterocycles. The molecule has 0 aromatic heterocycles. The fourth-order valence-electron chi connectivity index (χ4n) is 2.75. The van der Waals surface area contributed by atoms with Gasteiger partial charge in [0, 0.05) is 24.5 Å². The van der Waals surface area contributed by atoms with Gasteiger partial charge in [-0.2, -0.15) is 0 Å². The largest absolute Gasteiger partial charge is 0.497 e. The minimum absolute atomic E-state index is 0.130. The Bertz CT molecular complexity index is 934. The molecule has 0 atom stereocenters. The SMILES string of the molecule is COc1ccc(CCNC(=O)CCCN(c2cc(Cl)ccc2Cl)S(C)(=O)=O)cc1. The number of nitrogens with zero attached hydrogens (tertiary/aromatic N) is 1. The van der Waals surface area contributed by atoms with Crippen LogP contribution in [0.4, 0.5) is 5.69 Å². The monoisotopic (exact) mass is 458 g/mol. The quantitative estimate of drug-likeness (QED) is 0.585. The molecule has 2 rings (SSSR count). The summed E-state index contributed by atoms with van der Waals surface area (Å²) in [7, 11) is -1.95. The average molecular weight is 459 g/mol. The molecule has 0 spiro atoms. The molecule has 0 saturated carbocycles. The fraction of sp³-hybridized carbons (Fsp3) is 0.350. The van der Waals surface area contributed by atoms with Crippen molar-refractivity contribution in [2.75, 3.05) is 30.8 Å². The number of halogens is 2. The van der Waals surface area contributed by atoms with E-state index in [0.717, 1.165) is 17.6 Å². The molecule has 29 heavy (non-hydrogen) atoms. The molecule has 9 heteroatoms. The van der Waals surface area contributed by atoms with Gasteiger partial charge in [-0.25, -0.2) is 8.42 Å². The number of methoxy groups -OCH3 is 1. The van der Waals surface area contributed by atoms with Crippen molar-refractivity contribution in [3.63, 3.8) is 0 Å². The molecule has 0 saturated heterocycles. The highest BCUT2D eigenvalue weighted by atomic mass is 35.5. The standard InChI is InChI=1S/C20H24Cl2N2O4S/c1-28-17-8-5-15(6-9-17)11-12-23-20(25)4-3-13-24(29(2,26)27)19-14-16(21)7-10-18(19)22/h5-10,14H,3-4,11-13H2,1-2H3,(H,23,25). The molecule has 0 fully saturated rings. The molecule has 6 nitrogen and oxygen atoms in total. The third-order valence-electron chi connectivity index (χ3n) is 4.24. The van der Waals surface area contributed by atoms with Gasteiger partial charge in [-0.05, 0) is 48.7 Å². The van der Waals surface area contributed by atoms with Gasteiger partial charge in [0.05, 0.1) is 24.1 Å². The maximum Gasteiger partial charge on any atom is 0.232 e. The molecule has 0 radical (unpaired) electrons. The smallest absolute Gasteiger partial charge is 0.232 e. The number of carbonyl (C=O) groups excluding carboxylic acids is 1. The molecule has 2 aromatic rings. The number of benzene rings is 2. The van der Waals surface area contributed by atoms with Crippen LogP contribution in [0.25, 0.3) is 0 Å². The van der Waals surface area contributed by atoms with Crippen LogP contribution >= 0.6 is 23.2 Å². The van der Waals surface area contributed by atoms with E-state index in [2.05, 4.69) is 5.32 Å². The van der Waals surface area contributed by atoms with Crippen molar-refractivity contribution in [2.45, 2.75) is 19.3 Å². The number of ether oxygens (including phenoxy) is 1. The maximum atomic E-state index is 12.2. The normalized spacial score (nSPS) is 11.2. The summed E-state index contributed by atoms with van der Waals surface area (Å²) in [6.07, 6.45) is 2.35. The minimum atomic E-state index is -3.57. The second kappa shape index (κ2) is 10.7. The van der Waals surface area contributed by atoms with Gasteiger partial charge in [-0.3, -0.25) is 9.10 Å². The molecule has 0 unspecified atom stereocenters. The van der Waals surface area contributed by atoms with Crippen molar-refractivity contribution < 1.29 is 17.9 Å². The molecule has 2 aromatic carbocycles. The van der Waals surface area contributed by atoms with Gasteiger partial charge in [0.25, 0.3) is 0 Å². The summed E-state index contributed by atoms with van der Waals surface area (Å²) in [6, 6.07) is 12.3. The highest BCUT2D eigenvalue weighted by Gasteiger charge is 2.20. The van der Waals surface area contributed by atoms with Gasteiger partial charge in [-0.15, -0.1) is 0 Å². The van der Waals surface area contributed by atoms with Crippen molar-refractivity contribution in [1.29, 1.82) is 0 Å². The lowest BCUT2D eigenvalue weighted by molar-refractivity contribution is -0.121. The molecule has 0 bridgehead atoms. The summed E-state index contributed by atoms with van der Waals surface area (Å²) >= 11 is 12.1. The van der Waals surface area contributed by atoms with Crippen molar-refractivity contribution in [2.24, 2.45) is 0 Å². The van der Waals surface area contributed by atoms with Crippen molar-refractivity contribution in [3.05, 3.63) is 58.1 Å². The number of hydrogen-bond acceptors (Lipinski definition) is 4. The van der Waals surface area contributed by atoms with E-state index in [-0.39, 0.29) is 23.9 Å². The van der Waals surface area contributed by atoms with E-state index < -0.39 is 10.0 Å². The third-order valence-corrected chi connectivity index (χ3v) is 5.97. The van der Waals surface area contributed by atoms with Gasteiger partial charge in [0.15, 0.2) is 0 Å². The number of carbonyl (C=O) groups is 1. The first-order valence-electron chi connectivity index (χ1n) is 9.03. The van der Waals surface area contributed by atoms with Crippen LogP contribution in [0.2, 0.25) is 10.0 Å². The van der Waals surface area contributed by atoms with E-state index in [9.17, 15) is 13.2 Å². The van der Waals surface area contributed by atoms with E-state index in [4.69, 9.17) is 27.9 Å². The summed E-state index contributed by atoms with van der Waals surface area (Å²) in [5.74, 6) is 0.650. The minimum Gasteiger partial charge on any atom is -0.497 e. The summed E-state index contributed by atoms with van der Waals surface area (Å²) in [6.45, 7) is 0.631. The van der Waals surface area contributed by atoms with Crippen LogP contribution in [0, 0.1) is 0 Å². The predicted octanol–water partition coefficient (Wildman–Crippen LogP) is 3.91. The number of anilines is 1. The van der Waals surface area contributed by atoms with Gasteiger partial charge < -0.3 is 10.1 Å². The fourth-order valence-corrected chi connectivity index (χ4v) is 4.16. The van der Waals surface area contributed by atoms with Gasteiger partial charge >= 0.3 is 0 Å². The van der Waals surface area contributed by atoms with Crippen molar-refractivity contribution in [3.8, 4) is 5.75 Å². The number of hydrogen-bond donors (Lipinski definition) is 1. The molecule has 1 N–H and O–H groups in total. The second-order valence-corrected chi connectivity index (χ2v) is 9.23. The Morgan fingerprint density at radius 3 is 2.45 bits per heavy atom. The Labute approximate surface area is 181 Å². The number of sulfonamides is 1. The van der Waals surface area contributed by atoms with Crippen LogP contribution in [0.5, 0.6) is 5.75 Å². The molecule has 0 aliphatic carbocycles. The van der Waals surface area contributed by atoms with Gasteiger partial charge in [-0.1, -0.05) is 35.3 Å². The zero-order chi connectivity index (χ0) is 21.4. The summed E-state index contributed by atoms with van der Waals surface area (Å²) in [5.41, 5.74) is 1.39. The Hall–Kier alpha value is -1.96. The van der Waals surface area contributed by atoms with Crippen molar-refractivity contribution in [1.82, 2.24) is 5.32 Å². The Morgan fingerprint density at radius 2 is 1.83 bits per heavy atom. The lowest BCUT2D eigenvalue weighted by Gasteiger charge is -2.23. The van der Waals surface area contributed by atoms with Gasteiger partial charge in [0.1, 0.15) is 5.75 Å². The Morgan fingerprint density at radius 1 is 1.14 bits per heavy atom. The van der Waals surface area contributed by atoms with Crippen LogP contribution in [-0.4, -0.2) is 40.8 Å². The van der Waals surface area contributed by atoms with E-state index in [1.54, 1.807) is 19.2 Å². The summed E-state index contributed by atoms with van der Waals surface area (Å²) in [4.78, 5) is 12.1. The van der Waals surface area contributed by atoms with E-state index in [1.165, 1.54) is 10.4 Å². The van der Waals surface area contributed by atoms with Crippen LogP contribution in [0.15, 0.2) is 42.5 Å². The van der Waals surface area contributed by atoms with Crippen molar-refractivity contribution >= 4 is 44.8 Å². The topological polar surface area (TPSA) is 75.7 Å². The highest BCUT2D eigenvalue weighted by molar-refractivity contribution is 7.92. The van der Waals surface area contributed by atoms with Crippen LogP contribution in [0.1, 0.15) is 18.4 Å². The Kier molecular flexibility index (Phi) is 8.61. The highest BCUT2D eigenvalue weighted by Crippen LogP contribution is 2.30. The first kappa shape index (κ1) is 23.3. The second-order valence-electron chi connectivity index (χ2n) is 6.48. The Balaban J connectivity index is 1.84. The van der Waals surface area contributed by atoms with E-state index >= 15 is 0 Å². The predicted molar refractivity (Wildman–Crippen MR) is 118 cm³/mol. The first-order chi connectivity index (χ1) is 13.7. The first-order valence-corrected chi connectivity index (χ1v) is 11.6. The summed E-state index contributed by atoms with van der Waals surface area (Å²) < 4.78 is 30.6. The molecule has 0 aliphatic heterocycles. The number of amides is 1. The van der Waals surface area contributed by atoms with Gasteiger partial charge in [0.2, 0.25) is 15.9 Å².